The molecule has 0 unspecified atom stereocenters. The van der Waals surface area contributed by atoms with Gasteiger partial charge in [-0.1, -0.05) is 30.7 Å². The molecule has 20 heavy (non-hydrogen) atoms. The molecule has 0 saturated heterocycles. The second kappa shape index (κ2) is 6.37. The third-order valence-electron chi connectivity index (χ3n) is 2.71. The van der Waals surface area contributed by atoms with Crippen LogP contribution in [0.25, 0.3) is 0 Å². The minimum absolute atomic E-state index is 0.0129. The first-order valence-electron chi connectivity index (χ1n) is 5.87. The number of benzene rings is 1. The molecule has 106 valence electrons. The zero-order valence-corrected chi connectivity index (χ0v) is 12.9. The van der Waals surface area contributed by atoms with Crippen molar-refractivity contribution in [2.24, 2.45) is 0 Å². The number of nitrogens with one attached hydrogen (secondary N) is 1. The van der Waals surface area contributed by atoms with E-state index in [-0.39, 0.29) is 22.9 Å². The van der Waals surface area contributed by atoms with E-state index in [9.17, 15) is 9.18 Å². The van der Waals surface area contributed by atoms with Gasteiger partial charge in [0.15, 0.2) is 5.69 Å². The van der Waals surface area contributed by atoms with E-state index in [1.807, 2.05) is 6.92 Å². The fraction of sp³-hybridized carbons (Fsp3) is 0.231. The lowest BCUT2D eigenvalue weighted by atomic mass is 10.2. The van der Waals surface area contributed by atoms with E-state index in [4.69, 9.17) is 16.3 Å². The molecule has 0 bridgehead atoms. The summed E-state index contributed by atoms with van der Waals surface area (Å²) < 4.78 is 19.0. The van der Waals surface area contributed by atoms with Crippen molar-refractivity contribution in [1.82, 2.24) is 10.2 Å². The zero-order valence-electron chi connectivity index (χ0n) is 10.5. The van der Waals surface area contributed by atoms with Crippen molar-refractivity contribution in [3.63, 3.8) is 0 Å². The van der Waals surface area contributed by atoms with Crippen molar-refractivity contribution < 1.29 is 13.9 Å². The van der Waals surface area contributed by atoms with Gasteiger partial charge in [0.05, 0.1) is 15.2 Å². The molecule has 7 heteroatoms. The lowest BCUT2D eigenvalue weighted by Crippen LogP contribution is -2.07. The van der Waals surface area contributed by atoms with Crippen molar-refractivity contribution in [3.05, 3.63) is 50.5 Å². The molecule has 1 heterocycles. The molecular weight excluding hydrogens is 351 g/mol. The minimum atomic E-state index is -0.690. The maximum atomic E-state index is 13.7. The van der Waals surface area contributed by atoms with Crippen LogP contribution in [-0.4, -0.2) is 16.2 Å². The second-order valence-corrected chi connectivity index (χ2v) is 5.24. The van der Waals surface area contributed by atoms with E-state index in [2.05, 4.69) is 26.1 Å². The number of rotatable bonds is 4. The monoisotopic (exact) mass is 360 g/mol. The number of carbonyl (C=O) groups excluding carboxylic acids is 1. The third kappa shape index (κ3) is 3.02. The van der Waals surface area contributed by atoms with Crippen molar-refractivity contribution in [2.75, 3.05) is 0 Å². The normalized spacial score (nSPS) is 10.6. The number of carbonyl (C=O) groups is 1. The number of aryl methyl sites for hydroxylation is 1. The number of nitrogens with zero attached hydrogens (tertiary/aromatic N) is 1. The van der Waals surface area contributed by atoms with Gasteiger partial charge in [0.2, 0.25) is 0 Å². The van der Waals surface area contributed by atoms with Crippen LogP contribution >= 0.6 is 27.5 Å². The molecule has 0 aliphatic heterocycles. The first-order chi connectivity index (χ1) is 9.54. The Kier molecular flexibility index (Phi) is 4.77. The Hall–Kier alpha value is -1.40. The highest BCUT2D eigenvalue weighted by molar-refractivity contribution is 9.10. The molecular formula is C13H11BrClFN2O2. The van der Waals surface area contributed by atoms with Crippen LogP contribution in [0, 0.1) is 5.82 Å². The average Bonchev–Trinajstić information content (AvgIpc) is 2.81. The highest BCUT2D eigenvalue weighted by atomic mass is 79.9. The summed E-state index contributed by atoms with van der Waals surface area (Å²) in [5, 5.41) is 6.71. The molecule has 1 aromatic carbocycles. The predicted molar refractivity (Wildman–Crippen MR) is 76.2 cm³/mol. The fourth-order valence-corrected chi connectivity index (χ4v) is 2.31. The van der Waals surface area contributed by atoms with Gasteiger partial charge in [-0.2, -0.15) is 5.10 Å². The number of halogens is 3. The highest BCUT2D eigenvalue weighted by Crippen LogP contribution is 2.22. The van der Waals surface area contributed by atoms with E-state index in [0.29, 0.717) is 16.6 Å². The average molecular weight is 362 g/mol. The van der Waals surface area contributed by atoms with Crippen LogP contribution in [0.1, 0.15) is 28.7 Å². The molecule has 0 saturated carbocycles. The molecule has 1 N–H and O–H groups in total. The maximum absolute atomic E-state index is 13.7. The van der Waals surface area contributed by atoms with Gasteiger partial charge in [-0.05, 0) is 28.4 Å². The van der Waals surface area contributed by atoms with Crippen LogP contribution in [0.15, 0.2) is 22.7 Å². The number of hydrogen-bond acceptors (Lipinski definition) is 3. The molecule has 4 nitrogen and oxygen atoms in total. The molecule has 0 aliphatic carbocycles. The zero-order chi connectivity index (χ0) is 14.7. The summed E-state index contributed by atoms with van der Waals surface area (Å²) in [6.45, 7) is 1.69. The van der Waals surface area contributed by atoms with Gasteiger partial charge in [0, 0.05) is 5.56 Å². The van der Waals surface area contributed by atoms with Gasteiger partial charge in [-0.3, -0.25) is 5.10 Å². The van der Waals surface area contributed by atoms with Crippen molar-refractivity contribution >= 4 is 33.5 Å². The summed E-state index contributed by atoms with van der Waals surface area (Å²) in [5.74, 6) is -1.15. The number of hydrogen-bond donors (Lipinski definition) is 1. The quantitative estimate of drug-likeness (QED) is 0.841. The molecule has 1 aromatic heterocycles. The summed E-state index contributed by atoms with van der Waals surface area (Å²) in [6, 6.07) is 4.77. The Balaban J connectivity index is 2.09. The van der Waals surface area contributed by atoms with E-state index < -0.39 is 11.8 Å². The van der Waals surface area contributed by atoms with E-state index in [0.717, 1.165) is 0 Å². The Morgan fingerprint density at radius 3 is 2.95 bits per heavy atom. The van der Waals surface area contributed by atoms with Gasteiger partial charge in [0.1, 0.15) is 12.4 Å². The molecule has 0 aliphatic rings. The summed E-state index contributed by atoms with van der Waals surface area (Å²) in [5.41, 5.74) is 0.946. The molecule has 0 radical (unpaired) electrons. The van der Waals surface area contributed by atoms with Crippen LogP contribution in [0.3, 0.4) is 0 Å². The lowest BCUT2D eigenvalue weighted by Gasteiger charge is -2.05. The standard InChI is InChI=1S/C13H11BrClFN2O2/c1-2-9-10(15)12(18-17-9)13(19)20-6-7-4-3-5-8(14)11(7)16/h3-5H,2,6H2,1H3,(H,17,18). The number of H-pyrrole nitrogens is 1. The van der Waals surface area contributed by atoms with Crippen LogP contribution in [0.4, 0.5) is 4.39 Å². The molecule has 0 spiro atoms. The van der Waals surface area contributed by atoms with Crippen LogP contribution in [0.2, 0.25) is 5.02 Å². The molecule has 0 amide bonds. The Morgan fingerprint density at radius 1 is 1.55 bits per heavy atom. The molecule has 0 atom stereocenters. The van der Waals surface area contributed by atoms with Gasteiger partial charge in [0.25, 0.3) is 0 Å². The van der Waals surface area contributed by atoms with Crippen molar-refractivity contribution in [1.29, 1.82) is 0 Å². The molecule has 2 rings (SSSR count). The SMILES string of the molecule is CCc1[nH]nc(C(=O)OCc2cccc(Br)c2F)c1Cl. The molecule has 2 aromatic rings. The van der Waals surface area contributed by atoms with Gasteiger partial charge >= 0.3 is 5.97 Å². The Morgan fingerprint density at radius 2 is 2.30 bits per heavy atom. The predicted octanol–water partition coefficient (Wildman–Crippen LogP) is 3.88. The topological polar surface area (TPSA) is 55.0 Å². The number of esters is 1. The van der Waals surface area contributed by atoms with Crippen LogP contribution in [-0.2, 0) is 17.8 Å². The minimum Gasteiger partial charge on any atom is -0.456 e. The van der Waals surface area contributed by atoms with Crippen LogP contribution in [0.5, 0.6) is 0 Å². The second-order valence-electron chi connectivity index (χ2n) is 4.01. The van der Waals surface area contributed by atoms with Gasteiger partial charge in [-0.25, -0.2) is 9.18 Å². The Labute approximate surface area is 128 Å². The van der Waals surface area contributed by atoms with E-state index >= 15 is 0 Å². The summed E-state index contributed by atoms with van der Waals surface area (Å²) >= 11 is 9.05. The van der Waals surface area contributed by atoms with E-state index in [1.54, 1.807) is 12.1 Å². The van der Waals surface area contributed by atoms with Gasteiger partial charge in [-0.15, -0.1) is 0 Å². The maximum Gasteiger partial charge on any atom is 0.360 e. The summed E-state index contributed by atoms with van der Waals surface area (Å²) in [6.07, 6.45) is 0.624. The number of aromatic nitrogens is 2. The third-order valence-corrected chi connectivity index (χ3v) is 3.73. The highest BCUT2D eigenvalue weighted by Gasteiger charge is 2.19. The largest absolute Gasteiger partial charge is 0.456 e. The first kappa shape index (κ1) is 15.0. The van der Waals surface area contributed by atoms with Gasteiger partial charge < -0.3 is 4.74 Å². The Bertz CT molecular complexity index is 645. The van der Waals surface area contributed by atoms with Crippen LogP contribution < -0.4 is 0 Å². The number of aromatic amines is 1. The molecule has 0 fully saturated rings. The fourth-order valence-electron chi connectivity index (χ4n) is 1.61. The summed E-state index contributed by atoms with van der Waals surface area (Å²) in [4.78, 5) is 11.8. The number of ether oxygens (including phenoxy) is 1. The smallest absolute Gasteiger partial charge is 0.360 e. The van der Waals surface area contributed by atoms with Crippen molar-refractivity contribution in [2.45, 2.75) is 20.0 Å². The van der Waals surface area contributed by atoms with E-state index in [1.165, 1.54) is 6.07 Å². The van der Waals surface area contributed by atoms with Crippen molar-refractivity contribution in [3.8, 4) is 0 Å². The lowest BCUT2D eigenvalue weighted by molar-refractivity contribution is 0.0462. The first-order valence-corrected chi connectivity index (χ1v) is 7.04. The summed E-state index contributed by atoms with van der Waals surface area (Å²) in [7, 11) is 0.